The molecule has 0 amide bonds. The second kappa shape index (κ2) is 3.34. The average molecular weight is 142 g/mol. The number of benzene rings is 1. The minimum atomic E-state index is -2.44. The molecule has 54 valence electrons. The Morgan fingerprint density at radius 2 is 1.30 bits per heavy atom. The van der Waals surface area contributed by atoms with Crippen molar-refractivity contribution < 1.29 is 15.7 Å². The highest BCUT2D eigenvalue weighted by Crippen LogP contribution is 2.03. The summed E-state index contributed by atoms with van der Waals surface area (Å²) in [4.78, 5) is 0. The second-order valence-corrected chi connectivity index (χ2v) is 1.80. The molecule has 2 heteroatoms. The highest BCUT2D eigenvalue weighted by molar-refractivity contribution is 5.21. The van der Waals surface area contributed by atoms with Crippen LogP contribution >= 0.6 is 0 Å². The average Bonchev–Trinajstić information content (AvgIpc) is 2.01. The normalized spacial score (nSPS) is 18.6. The van der Waals surface area contributed by atoms with E-state index in [0.717, 1.165) is 0 Å². The standard InChI is InChI=1S/C8H10O2/c9-5-7-1-2-8(6-10)4-3-7/h1-4,9-10H,5-6H2/i5D2,6D2. The van der Waals surface area contributed by atoms with Crippen LogP contribution in [0, 0.1) is 0 Å². The first kappa shape index (κ1) is 3.51. The molecule has 0 heterocycles. The SMILES string of the molecule is [2H]C([2H])(O)c1ccc(C([2H])([2H])O)cc1. The van der Waals surface area contributed by atoms with E-state index < -0.39 is 13.1 Å². The van der Waals surface area contributed by atoms with Gasteiger partial charge in [0, 0.05) is 0 Å². The second-order valence-electron chi connectivity index (χ2n) is 1.80. The number of hydrogen-bond donors (Lipinski definition) is 2. The van der Waals surface area contributed by atoms with Crippen molar-refractivity contribution in [3.63, 3.8) is 0 Å². The smallest absolute Gasteiger partial charge is 0.0681 e. The third-order valence-corrected chi connectivity index (χ3v) is 1.14. The summed E-state index contributed by atoms with van der Waals surface area (Å²) in [6.07, 6.45) is 0. The lowest BCUT2D eigenvalue weighted by atomic mass is 10.1. The van der Waals surface area contributed by atoms with Gasteiger partial charge in [0.05, 0.1) is 18.6 Å². The van der Waals surface area contributed by atoms with E-state index in [-0.39, 0.29) is 11.1 Å². The molecule has 1 rings (SSSR count). The van der Waals surface area contributed by atoms with Crippen LogP contribution in [0.15, 0.2) is 24.3 Å². The van der Waals surface area contributed by atoms with Crippen molar-refractivity contribution >= 4 is 0 Å². The van der Waals surface area contributed by atoms with Crippen LogP contribution in [0.2, 0.25) is 0 Å². The molecule has 0 aliphatic rings. The lowest BCUT2D eigenvalue weighted by Crippen LogP contribution is -1.85. The summed E-state index contributed by atoms with van der Waals surface area (Å²) in [7, 11) is 0. The maximum absolute atomic E-state index is 8.96. The minimum Gasteiger partial charge on any atom is -0.392 e. The van der Waals surface area contributed by atoms with Crippen LogP contribution in [0.5, 0.6) is 0 Å². The van der Waals surface area contributed by atoms with Crippen molar-refractivity contribution in [1.29, 1.82) is 0 Å². The van der Waals surface area contributed by atoms with Gasteiger partial charge in [0.1, 0.15) is 0 Å². The summed E-state index contributed by atoms with van der Waals surface area (Å²) in [5.74, 6) is 0. The topological polar surface area (TPSA) is 40.5 Å². The van der Waals surface area contributed by atoms with Crippen molar-refractivity contribution in [3.05, 3.63) is 35.4 Å². The summed E-state index contributed by atoms with van der Waals surface area (Å²) in [5, 5.41) is 17.9. The zero-order valence-electron chi connectivity index (χ0n) is 9.20. The van der Waals surface area contributed by atoms with E-state index in [4.69, 9.17) is 15.7 Å². The van der Waals surface area contributed by atoms with Crippen molar-refractivity contribution in [2.45, 2.75) is 13.1 Å². The van der Waals surface area contributed by atoms with Crippen molar-refractivity contribution in [2.75, 3.05) is 0 Å². The van der Waals surface area contributed by atoms with Gasteiger partial charge in [-0.05, 0) is 11.1 Å². The molecule has 0 unspecified atom stereocenters. The summed E-state index contributed by atoms with van der Waals surface area (Å²) in [6.45, 7) is -4.89. The monoisotopic (exact) mass is 142 g/mol. The molecule has 0 aliphatic carbocycles. The quantitative estimate of drug-likeness (QED) is 0.637. The molecule has 1 aromatic carbocycles. The van der Waals surface area contributed by atoms with Gasteiger partial charge in [0.2, 0.25) is 0 Å². The van der Waals surface area contributed by atoms with Crippen LogP contribution in [0.25, 0.3) is 0 Å². The lowest BCUT2D eigenvalue weighted by molar-refractivity contribution is 0.278. The van der Waals surface area contributed by atoms with E-state index >= 15 is 0 Å². The number of rotatable bonds is 2. The third-order valence-electron chi connectivity index (χ3n) is 1.14. The molecule has 10 heavy (non-hydrogen) atoms. The van der Waals surface area contributed by atoms with Crippen LogP contribution < -0.4 is 0 Å². The molecule has 0 radical (unpaired) electrons. The van der Waals surface area contributed by atoms with Gasteiger partial charge in [-0.3, -0.25) is 0 Å². The Hall–Kier alpha value is -0.860. The molecule has 0 spiro atoms. The molecular formula is C8H10O2. The van der Waals surface area contributed by atoms with Crippen LogP contribution in [0.4, 0.5) is 0 Å². The molecule has 0 bridgehead atoms. The first-order chi connectivity index (χ1) is 6.21. The largest absolute Gasteiger partial charge is 0.392 e. The fourth-order valence-corrected chi connectivity index (χ4v) is 0.619. The number of aliphatic hydroxyl groups is 2. The van der Waals surface area contributed by atoms with Gasteiger partial charge in [0.25, 0.3) is 0 Å². The minimum absolute atomic E-state index is 0.0190. The first-order valence-electron chi connectivity index (χ1n) is 4.77. The molecule has 0 aromatic heterocycles. The summed E-state index contributed by atoms with van der Waals surface area (Å²) >= 11 is 0. The van der Waals surface area contributed by atoms with Crippen LogP contribution in [-0.4, -0.2) is 10.2 Å². The molecule has 0 atom stereocenters. The van der Waals surface area contributed by atoms with Gasteiger partial charge in [-0.1, -0.05) is 24.3 Å². The zero-order valence-corrected chi connectivity index (χ0v) is 5.20. The predicted octanol–water partition coefficient (Wildman–Crippen LogP) is 0.671. The Bertz CT molecular complexity index is 277. The van der Waals surface area contributed by atoms with Gasteiger partial charge in [0.15, 0.2) is 0 Å². The molecule has 0 aliphatic heterocycles. The summed E-state index contributed by atoms with van der Waals surface area (Å²) in [5.41, 5.74) is 0.0380. The molecule has 2 N–H and O–H groups in total. The Balaban J connectivity index is 3.02. The summed E-state index contributed by atoms with van der Waals surface area (Å²) in [6, 6.07) is 4.90. The Morgan fingerprint density at radius 3 is 1.50 bits per heavy atom. The molecule has 0 saturated heterocycles. The Kier molecular flexibility index (Phi) is 1.17. The number of hydrogen-bond acceptors (Lipinski definition) is 2. The Morgan fingerprint density at radius 1 is 1.00 bits per heavy atom. The molecule has 2 nitrogen and oxygen atoms in total. The van der Waals surface area contributed by atoms with E-state index in [9.17, 15) is 0 Å². The van der Waals surface area contributed by atoms with Gasteiger partial charge in [-0.25, -0.2) is 0 Å². The van der Waals surface area contributed by atoms with Crippen LogP contribution in [0.3, 0.4) is 0 Å². The zero-order chi connectivity index (χ0) is 11.0. The van der Waals surface area contributed by atoms with Gasteiger partial charge in [-0.2, -0.15) is 0 Å². The maximum atomic E-state index is 8.96. The van der Waals surface area contributed by atoms with Gasteiger partial charge in [-0.15, -0.1) is 0 Å². The predicted molar refractivity (Wildman–Crippen MR) is 38.3 cm³/mol. The third kappa shape index (κ3) is 1.56. The van der Waals surface area contributed by atoms with Crippen molar-refractivity contribution in [3.8, 4) is 0 Å². The van der Waals surface area contributed by atoms with E-state index in [1.165, 1.54) is 24.3 Å². The fraction of sp³-hybridized carbons (Fsp3) is 0.250. The molecule has 0 saturated carbocycles. The Labute approximate surface area is 65.4 Å². The molecule has 1 aromatic rings. The van der Waals surface area contributed by atoms with E-state index in [1.807, 2.05) is 0 Å². The van der Waals surface area contributed by atoms with Gasteiger partial charge >= 0.3 is 0 Å². The van der Waals surface area contributed by atoms with Crippen LogP contribution in [0.1, 0.15) is 16.6 Å². The van der Waals surface area contributed by atoms with Crippen molar-refractivity contribution in [2.24, 2.45) is 0 Å². The highest BCUT2D eigenvalue weighted by atomic mass is 16.3. The van der Waals surface area contributed by atoms with Gasteiger partial charge < -0.3 is 10.2 Å². The first-order valence-corrected chi connectivity index (χ1v) is 2.77. The highest BCUT2D eigenvalue weighted by Gasteiger charge is 1.89. The van der Waals surface area contributed by atoms with Crippen molar-refractivity contribution in [1.82, 2.24) is 0 Å². The van der Waals surface area contributed by atoms with E-state index in [0.29, 0.717) is 0 Å². The summed E-state index contributed by atoms with van der Waals surface area (Å²) < 4.78 is 27.9. The lowest BCUT2D eigenvalue weighted by Gasteiger charge is -1.96. The molecule has 0 fully saturated rings. The van der Waals surface area contributed by atoms with E-state index in [1.54, 1.807) is 0 Å². The fourth-order valence-electron chi connectivity index (χ4n) is 0.619. The maximum Gasteiger partial charge on any atom is 0.0681 e. The molecular weight excluding hydrogens is 128 g/mol. The van der Waals surface area contributed by atoms with Crippen LogP contribution in [-0.2, 0) is 13.1 Å². The van der Waals surface area contributed by atoms with E-state index in [2.05, 4.69) is 0 Å².